The predicted octanol–water partition coefficient (Wildman–Crippen LogP) is 3.36. The Bertz CT molecular complexity index is 540. The van der Waals surface area contributed by atoms with Gasteiger partial charge in [0.1, 0.15) is 5.75 Å². The molecule has 1 unspecified atom stereocenters. The highest BCUT2D eigenvalue weighted by atomic mass is 35.5. The molecule has 4 heteroatoms. The highest BCUT2D eigenvalue weighted by molar-refractivity contribution is 6.30. The van der Waals surface area contributed by atoms with Crippen molar-refractivity contribution in [3.8, 4) is 5.75 Å². The highest BCUT2D eigenvalue weighted by Gasteiger charge is 2.08. The summed E-state index contributed by atoms with van der Waals surface area (Å²) in [5, 5.41) is 0.759. The molecule has 3 N–H and O–H groups in total. The van der Waals surface area contributed by atoms with Crippen LogP contribution in [0.15, 0.2) is 48.5 Å². The molecule has 0 aliphatic carbocycles. The van der Waals surface area contributed by atoms with Crippen molar-refractivity contribution >= 4 is 11.6 Å². The molecule has 0 radical (unpaired) electrons. The molecular weight excluding hydrogens is 284 g/mol. The first-order chi connectivity index (χ1) is 10.2. The van der Waals surface area contributed by atoms with Crippen molar-refractivity contribution in [3.63, 3.8) is 0 Å². The van der Waals surface area contributed by atoms with E-state index in [2.05, 4.69) is 17.6 Å². The molecule has 0 aromatic heterocycles. The fourth-order valence-corrected chi connectivity index (χ4v) is 2.41. The number of hydrazine groups is 1. The van der Waals surface area contributed by atoms with Gasteiger partial charge in [0, 0.05) is 11.1 Å². The van der Waals surface area contributed by atoms with Crippen LogP contribution >= 0.6 is 11.6 Å². The molecule has 21 heavy (non-hydrogen) atoms. The van der Waals surface area contributed by atoms with E-state index >= 15 is 0 Å². The van der Waals surface area contributed by atoms with Crippen LogP contribution in [-0.2, 0) is 12.8 Å². The summed E-state index contributed by atoms with van der Waals surface area (Å²) in [4.78, 5) is 0. The fourth-order valence-electron chi connectivity index (χ4n) is 2.28. The van der Waals surface area contributed by atoms with E-state index in [4.69, 9.17) is 22.2 Å². The molecule has 112 valence electrons. The molecule has 0 spiro atoms. The van der Waals surface area contributed by atoms with Gasteiger partial charge >= 0.3 is 0 Å². The molecule has 0 aliphatic heterocycles. The number of rotatable bonds is 7. The van der Waals surface area contributed by atoms with Crippen LogP contribution in [0.25, 0.3) is 0 Å². The molecule has 3 nitrogen and oxygen atoms in total. The van der Waals surface area contributed by atoms with Crippen molar-refractivity contribution in [3.05, 3.63) is 64.7 Å². The lowest BCUT2D eigenvalue weighted by molar-refractivity contribution is 0.414. The van der Waals surface area contributed by atoms with E-state index in [-0.39, 0.29) is 6.04 Å². The van der Waals surface area contributed by atoms with Gasteiger partial charge in [-0.2, -0.15) is 0 Å². The molecule has 0 saturated carbocycles. The maximum Gasteiger partial charge on any atom is 0.118 e. The minimum Gasteiger partial charge on any atom is -0.497 e. The first-order valence-electron chi connectivity index (χ1n) is 7.05. The van der Waals surface area contributed by atoms with Crippen molar-refractivity contribution in [2.24, 2.45) is 5.84 Å². The van der Waals surface area contributed by atoms with Crippen LogP contribution in [0.5, 0.6) is 5.75 Å². The van der Waals surface area contributed by atoms with Crippen molar-refractivity contribution in [2.75, 3.05) is 7.11 Å². The van der Waals surface area contributed by atoms with Gasteiger partial charge in [-0.1, -0.05) is 35.9 Å². The summed E-state index contributed by atoms with van der Waals surface area (Å²) in [5.41, 5.74) is 5.42. The normalized spacial score (nSPS) is 12.1. The van der Waals surface area contributed by atoms with E-state index < -0.39 is 0 Å². The number of hydrogen-bond donors (Lipinski definition) is 2. The maximum atomic E-state index is 5.90. The van der Waals surface area contributed by atoms with Crippen LogP contribution in [0.3, 0.4) is 0 Å². The van der Waals surface area contributed by atoms with E-state index in [0.29, 0.717) is 0 Å². The van der Waals surface area contributed by atoms with Crippen LogP contribution in [0.1, 0.15) is 17.5 Å². The summed E-state index contributed by atoms with van der Waals surface area (Å²) in [6.07, 6.45) is 2.85. The Balaban J connectivity index is 1.88. The molecule has 2 rings (SSSR count). The number of ether oxygens (including phenoxy) is 1. The average Bonchev–Trinajstić information content (AvgIpc) is 2.53. The Labute approximate surface area is 131 Å². The van der Waals surface area contributed by atoms with Crippen molar-refractivity contribution in [1.82, 2.24) is 5.43 Å². The van der Waals surface area contributed by atoms with Gasteiger partial charge in [-0.05, 0) is 54.7 Å². The summed E-state index contributed by atoms with van der Waals surface area (Å²) in [6, 6.07) is 16.3. The summed E-state index contributed by atoms with van der Waals surface area (Å²) >= 11 is 5.90. The molecule has 1 atom stereocenters. The smallest absolute Gasteiger partial charge is 0.118 e. The van der Waals surface area contributed by atoms with Gasteiger partial charge in [0.25, 0.3) is 0 Å². The van der Waals surface area contributed by atoms with Gasteiger partial charge in [-0.3, -0.25) is 11.3 Å². The third kappa shape index (κ3) is 5.05. The number of hydrogen-bond acceptors (Lipinski definition) is 3. The topological polar surface area (TPSA) is 47.3 Å². The van der Waals surface area contributed by atoms with E-state index in [1.807, 2.05) is 36.4 Å². The SMILES string of the molecule is COc1ccc(CCC(Cc2ccc(Cl)cc2)NN)cc1. The number of aryl methyl sites for hydroxylation is 1. The quantitative estimate of drug-likeness (QED) is 0.609. The third-order valence-electron chi connectivity index (χ3n) is 3.57. The van der Waals surface area contributed by atoms with E-state index in [9.17, 15) is 0 Å². The van der Waals surface area contributed by atoms with Crippen LogP contribution in [0.4, 0.5) is 0 Å². The van der Waals surface area contributed by atoms with Crippen LogP contribution < -0.4 is 16.0 Å². The lowest BCUT2D eigenvalue weighted by Gasteiger charge is -2.16. The molecule has 0 amide bonds. The summed E-state index contributed by atoms with van der Waals surface area (Å²) in [7, 11) is 1.68. The Morgan fingerprint density at radius 1 is 1.05 bits per heavy atom. The van der Waals surface area contributed by atoms with E-state index in [1.165, 1.54) is 11.1 Å². The molecule has 2 aromatic carbocycles. The number of benzene rings is 2. The van der Waals surface area contributed by atoms with Crippen molar-refractivity contribution in [2.45, 2.75) is 25.3 Å². The van der Waals surface area contributed by atoms with Gasteiger partial charge in [0.15, 0.2) is 0 Å². The van der Waals surface area contributed by atoms with Gasteiger partial charge < -0.3 is 4.74 Å². The fraction of sp³-hybridized carbons (Fsp3) is 0.294. The van der Waals surface area contributed by atoms with E-state index in [0.717, 1.165) is 30.0 Å². The second kappa shape index (κ2) is 8.03. The Kier molecular flexibility index (Phi) is 6.05. The Hall–Kier alpha value is -1.55. The predicted molar refractivity (Wildman–Crippen MR) is 87.6 cm³/mol. The third-order valence-corrected chi connectivity index (χ3v) is 3.82. The second-order valence-corrected chi connectivity index (χ2v) is 5.52. The van der Waals surface area contributed by atoms with Crippen LogP contribution in [-0.4, -0.2) is 13.2 Å². The van der Waals surface area contributed by atoms with Gasteiger partial charge in [-0.25, -0.2) is 0 Å². The molecule has 0 fully saturated rings. The minimum atomic E-state index is 0.244. The largest absolute Gasteiger partial charge is 0.497 e. The average molecular weight is 305 g/mol. The number of methoxy groups -OCH3 is 1. The zero-order valence-electron chi connectivity index (χ0n) is 12.2. The molecule has 0 bridgehead atoms. The summed E-state index contributed by atoms with van der Waals surface area (Å²) in [6.45, 7) is 0. The van der Waals surface area contributed by atoms with E-state index in [1.54, 1.807) is 7.11 Å². The zero-order valence-corrected chi connectivity index (χ0v) is 12.9. The first-order valence-corrected chi connectivity index (χ1v) is 7.42. The molecule has 0 saturated heterocycles. The summed E-state index contributed by atoms with van der Waals surface area (Å²) in [5.74, 6) is 6.55. The number of nitrogens with two attached hydrogens (primary N) is 1. The minimum absolute atomic E-state index is 0.244. The van der Waals surface area contributed by atoms with Gasteiger partial charge in [0.05, 0.1) is 7.11 Å². The Morgan fingerprint density at radius 2 is 1.67 bits per heavy atom. The zero-order chi connectivity index (χ0) is 15.1. The summed E-state index contributed by atoms with van der Waals surface area (Å²) < 4.78 is 5.16. The molecule has 0 heterocycles. The standard InChI is InChI=1S/C17H21ClN2O/c1-21-17-10-5-13(6-11-17)4-9-16(20-19)12-14-2-7-15(18)8-3-14/h2-3,5-8,10-11,16,20H,4,9,12,19H2,1H3. The first kappa shape index (κ1) is 15.8. The maximum absolute atomic E-state index is 5.90. The number of halogens is 1. The molecule has 0 aliphatic rings. The lowest BCUT2D eigenvalue weighted by Crippen LogP contribution is -2.37. The van der Waals surface area contributed by atoms with Crippen molar-refractivity contribution in [1.29, 1.82) is 0 Å². The molecule has 2 aromatic rings. The van der Waals surface area contributed by atoms with Gasteiger partial charge in [0.2, 0.25) is 0 Å². The van der Waals surface area contributed by atoms with Crippen LogP contribution in [0, 0.1) is 0 Å². The monoisotopic (exact) mass is 304 g/mol. The van der Waals surface area contributed by atoms with Gasteiger partial charge in [-0.15, -0.1) is 0 Å². The molecular formula is C17H21ClN2O. The highest BCUT2D eigenvalue weighted by Crippen LogP contribution is 2.15. The second-order valence-electron chi connectivity index (χ2n) is 5.08. The lowest BCUT2D eigenvalue weighted by atomic mass is 9.99. The van der Waals surface area contributed by atoms with Crippen molar-refractivity contribution < 1.29 is 4.74 Å². The Morgan fingerprint density at radius 3 is 2.24 bits per heavy atom. The number of nitrogens with one attached hydrogen (secondary N) is 1. The van der Waals surface area contributed by atoms with Crippen LogP contribution in [0.2, 0.25) is 5.02 Å².